The van der Waals surface area contributed by atoms with Crippen molar-refractivity contribution in [3.63, 3.8) is 0 Å². The molecule has 5 heteroatoms. The van der Waals surface area contributed by atoms with E-state index in [0.717, 1.165) is 15.4 Å². The molecule has 0 aliphatic heterocycles. The molecule has 0 bridgehead atoms. The van der Waals surface area contributed by atoms with Gasteiger partial charge in [0, 0.05) is 21.1 Å². The second-order valence-corrected chi connectivity index (χ2v) is 4.26. The monoisotopic (exact) mass is 333 g/mol. The molecule has 1 rings (SSSR count). The van der Waals surface area contributed by atoms with E-state index in [2.05, 4.69) is 28.1 Å². The average Bonchev–Trinajstić information content (AvgIpc) is 2.30. The Morgan fingerprint density at radius 2 is 2.31 bits per heavy atom. The number of amides is 1. The van der Waals surface area contributed by atoms with Gasteiger partial charge in [-0.15, -0.1) is 0 Å². The number of aldehydes is 1. The second kappa shape index (κ2) is 6.59. The number of halogens is 1. The Hall–Kier alpha value is -0.950. The third kappa shape index (κ3) is 3.57. The molecule has 0 aliphatic carbocycles. The van der Waals surface area contributed by atoms with Crippen LogP contribution < -0.4 is 5.48 Å². The Morgan fingerprint density at radius 1 is 1.56 bits per heavy atom. The van der Waals surface area contributed by atoms with E-state index in [1.807, 2.05) is 6.07 Å². The summed E-state index contributed by atoms with van der Waals surface area (Å²) in [6.07, 6.45) is 1.15. The Labute approximate surface area is 107 Å². The minimum absolute atomic E-state index is 0.182. The number of nitrogens with one attached hydrogen (secondary N) is 1. The molecule has 1 aromatic carbocycles. The standard InChI is InChI=1S/C11H12INO3/c1-2-11(15)13-16-7-9-8(6-14)4-3-5-10(9)12/h3-6H,2,7H2,1H3,(H,13,15). The third-order valence-corrected chi connectivity index (χ3v) is 3.02. The van der Waals surface area contributed by atoms with Crippen molar-refractivity contribution in [1.29, 1.82) is 0 Å². The van der Waals surface area contributed by atoms with Gasteiger partial charge in [-0.2, -0.15) is 0 Å². The van der Waals surface area contributed by atoms with E-state index in [1.165, 1.54) is 0 Å². The van der Waals surface area contributed by atoms with Crippen LogP contribution >= 0.6 is 22.6 Å². The van der Waals surface area contributed by atoms with Crippen molar-refractivity contribution in [1.82, 2.24) is 5.48 Å². The molecule has 0 radical (unpaired) electrons. The highest BCUT2D eigenvalue weighted by Crippen LogP contribution is 2.16. The number of hydrogen-bond donors (Lipinski definition) is 1. The fraction of sp³-hybridized carbons (Fsp3) is 0.273. The van der Waals surface area contributed by atoms with Gasteiger partial charge < -0.3 is 0 Å². The van der Waals surface area contributed by atoms with Gasteiger partial charge in [-0.05, 0) is 28.7 Å². The lowest BCUT2D eigenvalue weighted by atomic mass is 10.1. The van der Waals surface area contributed by atoms with Gasteiger partial charge in [0.15, 0.2) is 0 Å². The molecule has 0 saturated carbocycles. The maximum absolute atomic E-state index is 10.9. The van der Waals surface area contributed by atoms with Crippen LogP contribution in [0.15, 0.2) is 18.2 Å². The molecule has 0 unspecified atom stereocenters. The summed E-state index contributed by atoms with van der Waals surface area (Å²) < 4.78 is 0.938. The van der Waals surface area contributed by atoms with E-state index in [4.69, 9.17) is 4.84 Å². The zero-order valence-corrected chi connectivity index (χ0v) is 11.0. The molecule has 1 amide bonds. The molecule has 0 atom stereocenters. The summed E-state index contributed by atoms with van der Waals surface area (Å²) in [4.78, 5) is 26.8. The van der Waals surface area contributed by atoms with Crippen LogP contribution in [0.1, 0.15) is 29.3 Å². The summed E-state index contributed by atoms with van der Waals surface area (Å²) in [5.41, 5.74) is 3.67. The highest BCUT2D eigenvalue weighted by atomic mass is 127. The molecule has 0 saturated heterocycles. The Morgan fingerprint density at radius 3 is 2.94 bits per heavy atom. The van der Waals surface area contributed by atoms with E-state index >= 15 is 0 Å². The topological polar surface area (TPSA) is 55.4 Å². The van der Waals surface area contributed by atoms with Crippen molar-refractivity contribution in [2.45, 2.75) is 20.0 Å². The first-order valence-corrected chi connectivity index (χ1v) is 5.90. The molecule has 16 heavy (non-hydrogen) atoms. The predicted molar refractivity (Wildman–Crippen MR) is 67.8 cm³/mol. The molecule has 1 N–H and O–H groups in total. The van der Waals surface area contributed by atoms with Crippen LogP contribution in [-0.2, 0) is 16.2 Å². The molecule has 4 nitrogen and oxygen atoms in total. The summed E-state index contributed by atoms with van der Waals surface area (Å²) in [6.45, 7) is 1.93. The van der Waals surface area contributed by atoms with Crippen LogP contribution in [0.2, 0.25) is 0 Å². The molecule has 0 spiro atoms. The highest BCUT2D eigenvalue weighted by Gasteiger charge is 2.06. The summed E-state index contributed by atoms with van der Waals surface area (Å²) in [7, 11) is 0. The normalized spacial score (nSPS) is 9.88. The van der Waals surface area contributed by atoms with Crippen molar-refractivity contribution in [3.05, 3.63) is 32.9 Å². The highest BCUT2D eigenvalue weighted by molar-refractivity contribution is 14.1. The van der Waals surface area contributed by atoms with Crippen molar-refractivity contribution in [2.75, 3.05) is 0 Å². The average molecular weight is 333 g/mol. The van der Waals surface area contributed by atoms with Crippen molar-refractivity contribution in [2.24, 2.45) is 0 Å². The van der Waals surface area contributed by atoms with Gasteiger partial charge >= 0.3 is 0 Å². The lowest BCUT2D eigenvalue weighted by Gasteiger charge is -2.08. The predicted octanol–water partition coefficient (Wildman–Crippen LogP) is 2.06. The molecular formula is C11H12INO3. The van der Waals surface area contributed by atoms with Gasteiger partial charge in [0.25, 0.3) is 0 Å². The quantitative estimate of drug-likeness (QED) is 0.510. The SMILES string of the molecule is CCC(=O)NOCc1c(I)cccc1C=O. The first-order valence-electron chi connectivity index (χ1n) is 4.82. The van der Waals surface area contributed by atoms with Gasteiger partial charge in [0.1, 0.15) is 12.9 Å². The largest absolute Gasteiger partial charge is 0.298 e. The van der Waals surface area contributed by atoms with Crippen LogP contribution in [0.5, 0.6) is 0 Å². The van der Waals surface area contributed by atoms with Crippen LogP contribution in [0.25, 0.3) is 0 Å². The summed E-state index contributed by atoms with van der Waals surface area (Å²) in [6, 6.07) is 5.41. The Bertz CT molecular complexity index is 393. The molecule has 0 fully saturated rings. The number of benzene rings is 1. The van der Waals surface area contributed by atoms with Gasteiger partial charge in [-0.25, -0.2) is 5.48 Å². The Kier molecular flexibility index (Phi) is 5.41. The fourth-order valence-corrected chi connectivity index (χ4v) is 1.77. The van der Waals surface area contributed by atoms with Crippen molar-refractivity contribution >= 4 is 34.8 Å². The van der Waals surface area contributed by atoms with Crippen LogP contribution in [0.4, 0.5) is 0 Å². The van der Waals surface area contributed by atoms with Crippen LogP contribution in [-0.4, -0.2) is 12.2 Å². The first-order chi connectivity index (χ1) is 7.69. The van der Waals surface area contributed by atoms with Gasteiger partial charge in [0.2, 0.25) is 5.91 Å². The Balaban J connectivity index is 2.65. The molecule has 86 valence electrons. The summed E-state index contributed by atoms with van der Waals surface area (Å²) >= 11 is 2.12. The summed E-state index contributed by atoms with van der Waals surface area (Å²) in [5.74, 6) is -0.182. The van der Waals surface area contributed by atoms with E-state index in [9.17, 15) is 9.59 Å². The lowest BCUT2D eigenvalue weighted by Crippen LogP contribution is -2.22. The smallest absolute Gasteiger partial charge is 0.243 e. The number of carbonyl (C=O) groups excluding carboxylic acids is 2. The molecule has 0 aromatic heterocycles. The van der Waals surface area contributed by atoms with Gasteiger partial charge in [0.05, 0.1) is 0 Å². The molecular weight excluding hydrogens is 321 g/mol. The maximum Gasteiger partial charge on any atom is 0.243 e. The molecule has 0 heterocycles. The van der Waals surface area contributed by atoms with E-state index in [-0.39, 0.29) is 12.5 Å². The van der Waals surface area contributed by atoms with E-state index < -0.39 is 0 Å². The van der Waals surface area contributed by atoms with Crippen LogP contribution in [0.3, 0.4) is 0 Å². The minimum Gasteiger partial charge on any atom is -0.298 e. The second-order valence-electron chi connectivity index (χ2n) is 3.09. The van der Waals surface area contributed by atoms with Crippen molar-refractivity contribution < 1.29 is 14.4 Å². The zero-order chi connectivity index (χ0) is 12.0. The number of hydroxylamine groups is 1. The van der Waals surface area contributed by atoms with Gasteiger partial charge in [-0.1, -0.05) is 19.1 Å². The first kappa shape index (κ1) is 13.1. The van der Waals surface area contributed by atoms with E-state index in [0.29, 0.717) is 12.0 Å². The molecule has 1 aromatic rings. The number of carbonyl (C=O) groups is 2. The van der Waals surface area contributed by atoms with E-state index in [1.54, 1.807) is 19.1 Å². The fourth-order valence-electron chi connectivity index (χ4n) is 1.10. The number of hydrogen-bond acceptors (Lipinski definition) is 3. The van der Waals surface area contributed by atoms with Crippen LogP contribution in [0, 0.1) is 3.57 Å². The lowest BCUT2D eigenvalue weighted by molar-refractivity contribution is -0.134. The van der Waals surface area contributed by atoms with Crippen molar-refractivity contribution in [3.8, 4) is 0 Å². The zero-order valence-electron chi connectivity index (χ0n) is 8.83. The molecule has 0 aliphatic rings. The summed E-state index contributed by atoms with van der Waals surface area (Å²) in [5, 5.41) is 0. The minimum atomic E-state index is -0.182. The maximum atomic E-state index is 10.9. The van der Waals surface area contributed by atoms with Gasteiger partial charge in [-0.3, -0.25) is 14.4 Å². The third-order valence-electron chi connectivity index (χ3n) is 2.01. The number of rotatable bonds is 5.